The first-order valence-electron chi connectivity index (χ1n) is 7.42. The third-order valence-electron chi connectivity index (χ3n) is 3.72. The molecule has 2 rings (SSSR count). The summed E-state index contributed by atoms with van der Waals surface area (Å²) in [6, 6.07) is 5.97. The van der Waals surface area contributed by atoms with E-state index in [1.165, 1.54) is 6.42 Å². The first-order valence-corrected chi connectivity index (χ1v) is 7.42. The maximum absolute atomic E-state index is 9.94. The Labute approximate surface area is 115 Å². The second-order valence-electron chi connectivity index (χ2n) is 5.33. The fourth-order valence-corrected chi connectivity index (χ4v) is 2.55. The maximum atomic E-state index is 9.94. The highest BCUT2D eigenvalue weighted by Crippen LogP contribution is 2.24. The molecule has 0 amide bonds. The topological polar surface area (TPSA) is 57.2 Å². The predicted molar refractivity (Wildman–Crippen MR) is 79.5 cm³/mol. The number of aromatic nitrogens is 1. The molecular formula is C15H25N3O. The molecule has 4 nitrogen and oxygen atoms in total. The number of aliphatic hydroxyl groups excluding tert-OH is 1. The maximum Gasteiger partial charge on any atom is 0.128 e. The number of pyridine rings is 1. The fourth-order valence-electron chi connectivity index (χ4n) is 2.55. The van der Waals surface area contributed by atoms with Crippen LogP contribution in [0.3, 0.4) is 0 Å². The van der Waals surface area contributed by atoms with Crippen molar-refractivity contribution < 1.29 is 5.11 Å². The van der Waals surface area contributed by atoms with Crippen LogP contribution < -0.4 is 10.6 Å². The smallest absolute Gasteiger partial charge is 0.128 e. The Kier molecular flexibility index (Phi) is 5.45. The number of rotatable bonds is 6. The Hall–Kier alpha value is -1.29. The van der Waals surface area contributed by atoms with Crippen molar-refractivity contribution in [2.24, 2.45) is 5.92 Å². The van der Waals surface area contributed by atoms with Crippen LogP contribution in [0.1, 0.15) is 39.0 Å². The van der Waals surface area contributed by atoms with Crippen LogP contribution in [0.4, 0.5) is 11.6 Å². The molecule has 0 aromatic carbocycles. The molecule has 0 spiro atoms. The van der Waals surface area contributed by atoms with Gasteiger partial charge in [0, 0.05) is 19.0 Å². The van der Waals surface area contributed by atoms with Crippen LogP contribution in [0.15, 0.2) is 18.2 Å². The second kappa shape index (κ2) is 7.34. The summed E-state index contributed by atoms with van der Waals surface area (Å²) in [6.45, 7) is 3.89. The zero-order chi connectivity index (χ0) is 13.5. The van der Waals surface area contributed by atoms with Crippen molar-refractivity contribution in [3.8, 4) is 0 Å². The van der Waals surface area contributed by atoms with Crippen LogP contribution in [0.25, 0.3) is 0 Å². The van der Waals surface area contributed by atoms with Crippen LogP contribution in [-0.4, -0.2) is 29.3 Å². The molecule has 1 saturated carbocycles. The van der Waals surface area contributed by atoms with Gasteiger partial charge in [0.25, 0.3) is 0 Å². The van der Waals surface area contributed by atoms with Gasteiger partial charge in [-0.2, -0.15) is 0 Å². The summed E-state index contributed by atoms with van der Waals surface area (Å²) in [5, 5.41) is 16.6. The summed E-state index contributed by atoms with van der Waals surface area (Å²) in [5.74, 6) is 2.16. The average molecular weight is 263 g/mol. The molecular weight excluding hydrogens is 238 g/mol. The zero-order valence-corrected chi connectivity index (χ0v) is 11.7. The van der Waals surface area contributed by atoms with Gasteiger partial charge in [-0.05, 0) is 31.4 Å². The van der Waals surface area contributed by atoms with E-state index in [1.807, 2.05) is 18.2 Å². The van der Waals surface area contributed by atoms with E-state index in [0.29, 0.717) is 5.92 Å². The first-order chi connectivity index (χ1) is 9.29. The molecule has 1 aliphatic rings. The Morgan fingerprint density at radius 2 is 1.95 bits per heavy atom. The van der Waals surface area contributed by atoms with Crippen molar-refractivity contribution in [2.45, 2.75) is 45.1 Å². The van der Waals surface area contributed by atoms with E-state index < -0.39 is 0 Å². The Morgan fingerprint density at radius 3 is 2.68 bits per heavy atom. The minimum Gasteiger partial charge on any atom is -0.393 e. The molecule has 1 aromatic heterocycles. The molecule has 3 N–H and O–H groups in total. The Morgan fingerprint density at radius 1 is 1.21 bits per heavy atom. The molecule has 0 aliphatic heterocycles. The Balaban J connectivity index is 1.84. The molecule has 0 radical (unpaired) electrons. The summed E-state index contributed by atoms with van der Waals surface area (Å²) in [4.78, 5) is 4.52. The third-order valence-corrected chi connectivity index (χ3v) is 3.72. The second-order valence-corrected chi connectivity index (χ2v) is 5.33. The van der Waals surface area contributed by atoms with Crippen molar-refractivity contribution >= 4 is 11.6 Å². The quantitative estimate of drug-likeness (QED) is 0.738. The van der Waals surface area contributed by atoms with E-state index in [0.717, 1.165) is 50.4 Å². The number of hydrogen-bond acceptors (Lipinski definition) is 4. The van der Waals surface area contributed by atoms with E-state index in [-0.39, 0.29) is 6.10 Å². The summed E-state index contributed by atoms with van der Waals surface area (Å²) < 4.78 is 0. The minimum absolute atomic E-state index is 0.150. The van der Waals surface area contributed by atoms with E-state index >= 15 is 0 Å². The molecule has 1 aromatic rings. The summed E-state index contributed by atoms with van der Waals surface area (Å²) >= 11 is 0. The highest BCUT2D eigenvalue weighted by atomic mass is 16.3. The lowest BCUT2D eigenvalue weighted by atomic mass is 9.86. The molecule has 106 valence electrons. The van der Waals surface area contributed by atoms with Crippen molar-refractivity contribution in [2.75, 3.05) is 23.7 Å². The van der Waals surface area contributed by atoms with Crippen LogP contribution in [0, 0.1) is 5.92 Å². The predicted octanol–water partition coefficient (Wildman–Crippen LogP) is 2.87. The van der Waals surface area contributed by atoms with Gasteiger partial charge in [-0.25, -0.2) is 4.98 Å². The van der Waals surface area contributed by atoms with Crippen molar-refractivity contribution in [1.29, 1.82) is 0 Å². The monoisotopic (exact) mass is 263 g/mol. The molecule has 0 bridgehead atoms. The van der Waals surface area contributed by atoms with Gasteiger partial charge in [0.1, 0.15) is 11.6 Å². The van der Waals surface area contributed by atoms with Crippen molar-refractivity contribution in [3.05, 3.63) is 18.2 Å². The van der Waals surface area contributed by atoms with E-state index in [2.05, 4.69) is 22.5 Å². The van der Waals surface area contributed by atoms with E-state index in [9.17, 15) is 5.11 Å². The summed E-state index contributed by atoms with van der Waals surface area (Å²) in [5.41, 5.74) is 0. The van der Waals surface area contributed by atoms with Crippen LogP contribution >= 0.6 is 0 Å². The van der Waals surface area contributed by atoms with Gasteiger partial charge in [0.05, 0.1) is 6.10 Å². The lowest BCUT2D eigenvalue weighted by molar-refractivity contribution is 0.0763. The van der Waals surface area contributed by atoms with Crippen molar-refractivity contribution in [3.63, 3.8) is 0 Å². The molecule has 4 heteroatoms. The Bertz CT molecular complexity index is 383. The molecule has 1 fully saturated rings. The van der Waals surface area contributed by atoms with Gasteiger partial charge in [-0.3, -0.25) is 0 Å². The summed E-state index contributed by atoms with van der Waals surface area (Å²) in [6.07, 6.45) is 5.39. The average Bonchev–Trinajstić information content (AvgIpc) is 2.45. The highest BCUT2D eigenvalue weighted by molar-refractivity contribution is 5.45. The fraction of sp³-hybridized carbons (Fsp3) is 0.667. The van der Waals surface area contributed by atoms with Crippen LogP contribution in [-0.2, 0) is 0 Å². The molecule has 19 heavy (non-hydrogen) atoms. The lowest BCUT2D eigenvalue weighted by Gasteiger charge is -2.27. The van der Waals surface area contributed by atoms with E-state index in [1.54, 1.807) is 0 Å². The highest BCUT2D eigenvalue weighted by Gasteiger charge is 2.22. The number of aliphatic hydroxyl groups is 1. The van der Waals surface area contributed by atoms with Crippen LogP contribution in [0.5, 0.6) is 0 Å². The van der Waals surface area contributed by atoms with E-state index in [4.69, 9.17) is 0 Å². The van der Waals surface area contributed by atoms with Gasteiger partial charge >= 0.3 is 0 Å². The standard InChI is InChI=1S/C15H25N3O/c1-2-10-16-14-8-5-9-15(18-14)17-11-12-6-3-4-7-13(12)19/h5,8-9,12-13,19H,2-4,6-7,10-11H2,1H3,(H2,16,17,18). The lowest BCUT2D eigenvalue weighted by Crippen LogP contribution is -2.30. The molecule has 2 atom stereocenters. The van der Waals surface area contributed by atoms with Gasteiger partial charge in [0.2, 0.25) is 0 Å². The molecule has 1 heterocycles. The SMILES string of the molecule is CCCNc1cccc(NCC2CCCCC2O)n1. The van der Waals surface area contributed by atoms with Gasteiger partial charge < -0.3 is 15.7 Å². The van der Waals surface area contributed by atoms with Gasteiger partial charge in [-0.15, -0.1) is 0 Å². The normalized spacial score (nSPS) is 23.1. The van der Waals surface area contributed by atoms with Gasteiger partial charge in [0.15, 0.2) is 0 Å². The third kappa shape index (κ3) is 4.39. The largest absolute Gasteiger partial charge is 0.393 e. The number of anilines is 2. The number of nitrogens with one attached hydrogen (secondary N) is 2. The first kappa shape index (κ1) is 14.1. The van der Waals surface area contributed by atoms with Gasteiger partial charge in [-0.1, -0.05) is 25.8 Å². The van der Waals surface area contributed by atoms with Crippen LogP contribution in [0.2, 0.25) is 0 Å². The molecule has 2 unspecified atom stereocenters. The van der Waals surface area contributed by atoms with Crippen molar-refractivity contribution in [1.82, 2.24) is 4.98 Å². The zero-order valence-electron chi connectivity index (χ0n) is 11.7. The summed E-state index contributed by atoms with van der Waals surface area (Å²) in [7, 11) is 0. The molecule has 0 saturated heterocycles. The number of hydrogen-bond donors (Lipinski definition) is 3. The number of nitrogens with zero attached hydrogens (tertiary/aromatic N) is 1. The minimum atomic E-state index is -0.150. The molecule has 1 aliphatic carbocycles.